The normalized spacial score (nSPS) is 16.0. The minimum atomic E-state index is -0.470. The number of hydrogen-bond donors (Lipinski definition) is 0. The molecule has 1 aliphatic heterocycles. The first kappa shape index (κ1) is 18.4. The van der Waals surface area contributed by atoms with Crippen LogP contribution in [-0.2, 0) is 17.6 Å². The first-order chi connectivity index (χ1) is 11.3. The van der Waals surface area contributed by atoms with E-state index in [-0.39, 0.29) is 6.09 Å². The van der Waals surface area contributed by atoms with Gasteiger partial charge in [0.25, 0.3) is 0 Å². The Bertz CT molecular complexity index is 571. The van der Waals surface area contributed by atoms with Gasteiger partial charge in [-0.15, -0.1) is 5.10 Å². The quantitative estimate of drug-likeness (QED) is 0.845. The molecule has 24 heavy (non-hydrogen) atoms. The molecule has 7 heteroatoms. The van der Waals surface area contributed by atoms with E-state index in [1.807, 2.05) is 20.8 Å². The molecule has 0 atom stereocenters. The summed E-state index contributed by atoms with van der Waals surface area (Å²) in [7, 11) is 0. The lowest BCUT2D eigenvalue weighted by atomic mass is 10.2. The van der Waals surface area contributed by atoms with Crippen molar-refractivity contribution in [2.75, 3.05) is 31.1 Å². The third-order valence-electron chi connectivity index (χ3n) is 3.93. The van der Waals surface area contributed by atoms with Gasteiger partial charge in [0.15, 0.2) is 0 Å². The van der Waals surface area contributed by atoms with E-state index >= 15 is 0 Å². The van der Waals surface area contributed by atoms with Crippen LogP contribution in [0.3, 0.4) is 0 Å². The number of rotatable bonds is 3. The van der Waals surface area contributed by atoms with Gasteiger partial charge in [-0.1, -0.05) is 13.8 Å². The number of ether oxygens (including phenoxy) is 1. The fourth-order valence-corrected chi connectivity index (χ4v) is 2.69. The number of carbonyl (C=O) groups is 1. The topological polar surface area (TPSA) is 71.5 Å². The smallest absolute Gasteiger partial charge is 0.410 e. The van der Waals surface area contributed by atoms with Gasteiger partial charge in [-0.05, 0) is 40.0 Å². The zero-order valence-electron chi connectivity index (χ0n) is 15.5. The van der Waals surface area contributed by atoms with Crippen molar-refractivity contribution in [1.82, 2.24) is 20.1 Å². The van der Waals surface area contributed by atoms with Crippen LogP contribution in [0.1, 0.15) is 52.4 Å². The molecule has 1 aromatic rings. The van der Waals surface area contributed by atoms with Crippen LogP contribution in [0.2, 0.25) is 0 Å². The Morgan fingerprint density at radius 3 is 2.38 bits per heavy atom. The largest absolute Gasteiger partial charge is 0.444 e. The molecular formula is C17H29N5O2. The van der Waals surface area contributed by atoms with Crippen LogP contribution >= 0.6 is 0 Å². The zero-order chi connectivity index (χ0) is 17.7. The second-order valence-electron chi connectivity index (χ2n) is 7.02. The van der Waals surface area contributed by atoms with Crippen LogP contribution in [0, 0.1) is 0 Å². The van der Waals surface area contributed by atoms with Crippen molar-refractivity contribution in [2.45, 2.75) is 59.5 Å². The summed E-state index contributed by atoms with van der Waals surface area (Å²) in [5, 5.41) is 8.60. The van der Waals surface area contributed by atoms with E-state index in [1.54, 1.807) is 4.90 Å². The predicted octanol–water partition coefficient (Wildman–Crippen LogP) is 2.44. The number of aryl methyl sites for hydroxylation is 2. The molecule has 2 heterocycles. The van der Waals surface area contributed by atoms with Crippen molar-refractivity contribution in [2.24, 2.45) is 0 Å². The van der Waals surface area contributed by atoms with Crippen LogP contribution in [0.4, 0.5) is 10.7 Å². The molecule has 1 fully saturated rings. The van der Waals surface area contributed by atoms with Gasteiger partial charge in [0, 0.05) is 26.2 Å². The number of hydrogen-bond acceptors (Lipinski definition) is 6. The maximum atomic E-state index is 12.2. The van der Waals surface area contributed by atoms with Gasteiger partial charge in [0.05, 0.1) is 11.4 Å². The highest BCUT2D eigenvalue weighted by Crippen LogP contribution is 2.16. The number of aromatic nitrogens is 3. The molecule has 1 amide bonds. The van der Waals surface area contributed by atoms with E-state index in [0.29, 0.717) is 25.6 Å². The Balaban J connectivity index is 2.04. The first-order valence-electron chi connectivity index (χ1n) is 8.79. The highest BCUT2D eigenvalue weighted by atomic mass is 16.6. The van der Waals surface area contributed by atoms with Crippen LogP contribution in [0.15, 0.2) is 0 Å². The predicted molar refractivity (Wildman–Crippen MR) is 93.2 cm³/mol. The molecule has 0 aliphatic carbocycles. The molecular weight excluding hydrogens is 306 g/mol. The van der Waals surface area contributed by atoms with Crippen molar-refractivity contribution >= 4 is 12.0 Å². The van der Waals surface area contributed by atoms with E-state index < -0.39 is 5.60 Å². The third-order valence-corrected chi connectivity index (χ3v) is 3.93. The van der Waals surface area contributed by atoms with Gasteiger partial charge in [0.2, 0.25) is 5.95 Å². The Labute approximate surface area is 144 Å². The van der Waals surface area contributed by atoms with Crippen molar-refractivity contribution in [3.8, 4) is 0 Å². The fourth-order valence-electron chi connectivity index (χ4n) is 2.69. The van der Waals surface area contributed by atoms with E-state index in [2.05, 4.69) is 33.9 Å². The van der Waals surface area contributed by atoms with E-state index in [1.165, 1.54) is 0 Å². The summed E-state index contributed by atoms with van der Waals surface area (Å²) >= 11 is 0. The highest BCUT2D eigenvalue weighted by Gasteiger charge is 2.25. The van der Waals surface area contributed by atoms with Crippen LogP contribution < -0.4 is 4.90 Å². The van der Waals surface area contributed by atoms with Crippen molar-refractivity contribution in [3.05, 3.63) is 11.4 Å². The number of anilines is 1. The summed E-state index contributed by atoms with van der Waals surface area (Å²) in [6, 6.07) is 0. The minimum absolute atomic E-state index is 0.251. The molecule has 1 aliphatic rings. The van der Waals surface area contributed by atoms with Crippen LogP contribution in [0.5, 0.6) is 0 Å². The molecule has 0 radical (unpaired) electrons. The highest BCUT2D eigenvalue weighted by molar-refractivity contribution is 5.68. The molecule has 0 spiro atoms. The van der Waals surface area contributed by atoms with Gasteiger partial charge in [-0.3, -0.25) is 0 Å². The first-order valence-corrected chi connectivity index (χ1v) is 8.79. The molecule has 0 N–H and O–H groups in total. The van der Waals surface area contributed by atoms with Crippen LogP contribution in [-0.4, -0.2) is 58.0 Å². The summed E-state index contributed by atoms with van der Waals surface area (Å²) in [6.45, 7) is 12.6. The molecule has 134 valence electrons. The van der Waals surface area contributed by atoms with E-state index in [0.717, 1.165) is 37.2 Å². The Morgan fingerprint density at radius 2 is 1.75 bits per heavy atom. The molecule has 1 aromatic heterocycles. The average molecular weight is 335 g/mol. The Kier molecular flexibility index (Phi) is 5.96. The molecule has 2 rings (SSSR count). The molecule has 0 bridgehead atoms. The van der Waals surface area contributed by atoms with E-state index in [9.17, 15) is 4.79 Å². The standard InChI is InChI=1S/C17H29N5O2/c1-6-13-14(7-2)19-20-15(18-13)21-9-8-10-22(12-11-21)16(23)24-17(3,4)5/h6-12H2,1-5H3. The molecule has 7 nitrogen and oxygen atoms in total. The summed E-state index contributed by atoms with van der Waals surface area (Å²) in [6.07, 6.45) is 2.30. The molecule has 0 unspecified atom stereocenters. The summed E-state index contributed by atoms with van der Waals surface area (Å²) in [5.74, 6) is 0.662. The lowest BCUT2D eigenvalue weighted by molar-refractivity contribution is 0.0263. The lowest BCUT2D eigenvalue weighted by Crippen LogP contribution is -2.39. The average Bonchev–Trinajstić information content (AvgIpc) is 2.78. The van der Waals surface area contributed by atoms with Gasteiger partial charge in [-0.25, -0.2) is 9.78 Å². The van der Waals surface area contributed by atoms with E-state index in [4.69, 9.17) is 4.74 Å². The maximum Gasteiger partial charge on any atom is 0.410 e. The minimum Gasteiger partial charge on any atom is -0.444 e. The van der Waals surface area contributed by atoms with Crippen molar-refractivity contribution < 1.29 is 9.53 Å². The third kappa shape index (κ3) is 4.79. The number of amides is 1. The molecule has 1 saturated heterocycles. The second-order valence-corrected chi connectivity index (χ2v) is 7.02. The van der Waals surface area contributed by atoms with Crippen molar-refractivity contribution in [1.29, 1.82) is 0 Å². The second kappa shape index (κ2) is 7.77. The zero-order valence-corrected chi connectivity index (χ0v) is 15.5. The Morgan fingerprint density at radius 1 is 1.04 bits per heavy atom. The van der Waals surface area contributed by atoms with Gasteiger partial charge in [-0.2, -0.15) is 5.10 Å². The number of carbonyl (C=O) groups excluding carboxylic acids is 1. The summed E-state index contributed by atoms with van der Waals surface area (Å²) in [4.78, 5) is 20.8. The molecule has 0 aromatic carbocycles. The number of nitrogens with zero attached hydrogens (tertiary/aromatic N) is 5. The van der Waals surface area contributed by atoms with Gasteiger partial charge in [0.1, 0.15) is 5.60 Å². The van der Waals surface area contributed by atoms with Crippen molar-refractivity contribution in [3.63, 3.8) is 0 Å². The lowest BCUT2D eigenvalue weighted by Gasteiger charge is -2.26. The Hall–Kier alpha value is -1.92. The monoisotopic (exact) mass is 335 g/mol. The van der Waals surface area contributed by atoms with Gasteiger partial charge < -0.3 is 14.5 Å². The summed E-state index contributed by atoms with van der Waals surface area (Å²) < 4.78 is 5.47. The molecule has 0 saturated carbocycles. The summed E-state index contributed by atoms with van der Waals surface area (Å²) in [5.41, 5.74) is 1.50. The van der Waals surface area contributed by atoms with Gasteiger partial charge >= 0.3 is 6.09 Å². The fraction of sp³-hybridized carbons (Fsp3) is 0.765. The SMILES string of the molecule is CCc1nnc(N2CCCN(C(=O)OC(C)(C)C)CC2)nc1CC. The maximum absolute atomic E-state index is 12.2. The van der Waals surface area contributed by atoms with Crippen LogP contribution in [0.25, 0.3) is 0 Å².